The molecule has 0 radical (unpaired) electrons. The van der Waals surface area contributed by atoms with Crippen LogP contribution < -0.4 is 9.47 Å². The van der Waals surface area contributed by atoms with E-state index in [1.165, 1.54) is 0 Å². The van der Waals surface area contributed by atoms with E-state index in [9.17, 15) is 4.79 Å². The molecule has 1 saturated carbocycles. The van der Waals surface area contributed by atoms with Gasteiger partial charge in [-0.05, 0) is 36.3 Å². The monoisotopic (exact) mass is 274 g/mol. The lowest BCUT2D eigenvalue weighted by Gasteiger charge is -2.38. The van der Waals surface area contributed by atoms with Crippen LogP contribution in [0, 0.1) is 11.3 Å². The summed E-state index contributed by atoms with van der Waals surface area (Å²) in [5.74, 6) is 2.00. The van der Waals surface area contributed by atoms with Crippen molar-refractivity contribution >= 4 is 5.78 Å². The summed E-state index contributed by atoms with van der Waals surface area (Å²) in [6.45, 7) is 6.72. The number of Topliss-reactive ketones (excluding diaryl/α,β-unsaturated/α-hetero) is 1. The highest BCUT2D eigenvalue weighted by Gasteiger charge is 2.53. The Bertz CT molecular complexity index is 561. The fourth-order valence-electron chi connectivity index (χ4n) is 4.01. The number of benzene rings is 1. The summed E-state index contributed by atoms with van der Waals surface area (Å²) in [6, 6.07) is 5.47. The minimum Gasteiger partial charge on any atom is -0.497 e. The van der Waals surface area contributed by atoms with E-state index in [4.69, 9.17) is 9.47 Å². The quantitative estimate of drug-likeness (QED) is 0.780. The third-order valence-corrected chi connectivity index (χ3v) is 4.80. The van der Waals surface area contributed by atoms with Crippen LogP contribution in [0.2, 0.25) is 0 Å². The van der Waals surface area contributed by atoms with Gasteiger partial charge in [-0.2, -0.15) is 0 Å². The van der Waals surface area contributed by atoms with Gasteiger partial charge in [-0.3, -0.25) is 4.79 Å². The molecule has 0 bridgehead atoms. The fourth-order valence-corrected chi connectivity index (χ4v) is 4.01. The molecule has 1 aliphatic heterocycles. The molecule has 0 N–H and O–H groups in total. The molecule has 3 heteroatoms. The smallest absolute Gasteiger partial charge is 0.170 e. The predicted octanol–water partition coefficient (Wildman–Crippen LogP) is 3.86. The summed E-state index contributed by atoms with van der Waals surface area (Å²) in [4.78, 5) is 12.5. The first-order chi connectivity index (χ1) is 9.35. The number of fused-ring (bicyclic) bond motifs is 1. The maximum atomic E-state index is 12.5. The number of hydrogen-bond acceptors (Lipinski definition) is 3. The van der Waals surface area contributed by atoms with Crippen molar-refractivity contribution in [2.24, 2.45) is 11.3 Å². The molecule has 1 spiro atoms. The molecule has 0 amide bonds. The largest absolute Gasteiger partial charge is 0.497 e. The molecule has 2 unspecified atom stereocenters. The maximum absolute atomic E-state index is 12.5. The first kappa shape index (κ1) is 13.5. The number of hydrogen-bond donors (Lipinski definition) is 0. The van der Waals surface area contributed by atoms with Crippen LogP contribution >= 0.6 is 0 Å². The minimum atomic E-state index is -0.333. The molecule has 1 fully saturated rings. The summed E-state index contributed by atoms with van der Waals surface area (Å²) in [6.07, 6.45) is 2.53. The molecule has 108 valence electrons. The van der Waals surface area contributed by atoms with Gasteiger partial charge in [0.25, 0.3) is 0 Å². The van der Waals surface area contributed by atoms with Gasteiger partial charge in [-0.1, -0.05) is 20.8 Å². The van der Waals surface area contributed by atoms with Crippen molar-refractivity contribution in [1.82, 2.24) is 0 Å². The highest BCUT2D eigenvalue weighted by atomic mass is 16.5. The van der Waals surface area contributed by atoms with Crippen LogP contribution in [0.15, 0.2) is 18.2 Å². The summed E-state index contributed by atoms with van der Waals surface area (Å²) in [5.41, 5.74) is 0.587. The fraction of sp³-hybridized carbons (Fsp3) is 0.588. The summed E-state index contributed by atoms with van der Waals surface area (Å²) < 4.78 is 11.6. The minimum absolute atomic E-state index is 0.193. The van der Waals surface area contributed by atoms with Gasteiger partial charge in [-0.15, -0.1) is 0 Å². The van der Waals surface area contributed by atoms with Gasteiger partial charge in [0.15, 0.2) is 5.78 Å². The number of carbonyl (C=O) groups excluding carboxylic acids is 1. The van der Waals surface area contributed by atoms with Crippen LogP contribution in [-0.4, -0.2) is 18.5 Å². The Morgan fingerprint density at radius 2 is 2.10 bits per heavy atom. The molecule has 3 rings (SSSR count). The molecular formula is C17H22O3. The Kier molecular flexibility index (Phi) is 2.86. The second kappa shape index (κ2) is 4.24. The standard InChI is InChI=1S/C17H22O3/c1-11-8-16(2,3)10-17(11)9-14(18)13-6-5-12(19-4)7-15(13)20-17/h5-7,11H,8-10H2,1-4H3. The molecule has 1 heterocycles. The van der Waals surface area contributed by atoms with Gasteiger partial charge in [-0.25, -0.2) is 0 Å². The molecular weight excluding hydrogens is 252 g/mol. The summed E-state index contributed by atoms with van der Waals surface area (Å²) in [5, 5.41) is 0. The van der Waals surface area contributed by atoms with E-state index in [0.29, 0.717) is 23.7 Å². The number of methoxy groups -OCH3 is 1. The van der Waals surface area contributed by atoms with Crippen molar-refractivity contribution in [1.29, 1.82) is 0 Å². The average Bonchev–Trinajstić information content (AvgIpc) is 2.57. The lowest BCUT2D eigenvalue weighted by Crippen LogP contribution is -2.44. The van der Waals surface area contributed by atoms with Crippen LogP contribution in [0.1, 0.15) is 50.4 Å². The van der Waals surface area contributed by atoms with Crippen LogP contribution in [0.4, 0.5) is 0 Å². The van der Waals surface area contributed by atoms with E-state index in [1.54, 1.807) is 7.11 Å². The van der Waals surface area contributed by atoms with Crippen LogP contribution in [-0.2, 0) is 0 Å². The predicted molar refractivity (Wildman–Crippen MR) is 77.5 cm³/mol. The molecule has 0 aromatic heterocycles. The lowest BCUT2D eigenvalue weighted by molar-refractivity contribution is 0.0137. The molecule has 3 nitrogen and oxygen atoms in total. The number of ketones is 1. The van der Waals surface area contributed by atoms with E-state index < -0.39 is 0 Å². The van der Waals surface area contributed by atoms with Gasteiger partial charge in [0, 0.05) is 6.07 Å². The molecule has 2 aliphatic rings. The third kappa shape index (κ3) is 2.00. The highest BCUT2D eigenvalue weighted by molar-refractivity contribution is 6.00. The normalized spacial score (nSPS) is 31.0. The molecule has 1 aliphatic carbocycles. The zero-order valence-corrected chi connectivity index (χ0v) is 12.7. The van der Waals surface area contributed by atoms with Gasteiger partial charge in [0.2, 0.25) is 0 Å². The van der Waals surface area contributed by atoms with Gasteiger partial charge < -0.3 is 9.47 Å². The second-order valence-corrected chi connectivity index (χ2v) is 7.08. The third-order valence-electron chi connectivity index (χ3n) is 4.80. The van der Waals surface area contributed by atoms with Crippen molar-refractivity contribution in [3.63, 3.8) is 0 Å². The first-order valence-electron chi connectivity index (χ1n) is 7.25. The van der Waals surface area contributed by atoms with Gasteiger partial charge >= 0.3 is 0 Å². The molecule has 0 saturated heterocycles. The van der Waals surface area contributed by atoms with Crippen molar-refractivity contribution in [2.45, 2.75) is 45.6 Å². The summed E-state index contributed by atoms with van der Waals surface area (Å²) in [7, 11) is 1.63. The highest BCUT2D eigenvalue weighted by Crippen LogP contribution is 2.53. The Morgan fingerprint density at radius 1 is 1.35 bits per heavy atom. The molecule has 2 atom stereocenters. The Labute approximate surface area is 120 Å². The summed E-state index contributed by atoms with van der Waals surface area (Å²) >= 11 is 0. The van der Waals surface area contributed by atoms with Gasteiger partial charge in [0.05, 0.1) is 19.1 Å². The van der Waals surface area contributed by atoms with Crippen molar-refractivity contribution < 1.29 is 14.3 Å². The number of ether oxygens (including phenoxy) is 2. The molecule has 20 heavy (non-hydrogen) atoms. The first-order valence-corrected chi connectivity index (χ1v) is 7.25. The zero-order valence-electron chi connectivity index (χ0n) is 12.7. The zero-order chi connectivity index (χ0) is 14.5. The van der Waals surface area contributed by atoms with Crippen LogP contribution in [0.3, 0.4) is 0 Å². The topological polar surface area (TPSA) is 35.5 Å². The van der Waals surface area contributed by atoms with Crippen LogP contribution in [0.25, 0.3) is 0 Å². The van der Waals surface area contributed by atoms with E-state index >= 15 is 0 Å². The Hall–Kier alpha value is -1.51. The second-order valence-electron chi connectivity index (χ2n) is 7.08. The molecule has 1 aromatic rings. The number of rotatable bonds is 1. The van der Waals surface area contributed by atoms with Gasteiger partial charge in [0.1, 0.15) is 17.1 Å². The van der Waals surface area contributed by atoms with Crippen molar-refractivity contribution in [3.05, 3.63) is 23.8 Å². The van der Waals surface area contributed by atoms with E-state index in [0.717, 1.165) is 18.6 Å². The van der Waals surface area contributed by atoms with E-state index in [-0.39, 0.29) is 16.8 Å². The van der Waals surface area contributed by atoms with E-state index in [2.05, 4.69) is 20.8 Å². The number of carbonyl (C=O) groups is 1. The maximum Gasteiger partial charge on any atom is 0.170 e. The van der Waals surface area contributed by atoms with E-state index in [1.807, 2.05) is 18.2 Å². The lowest BCUT2D eigenvalue weighted by atomic mass is 9.82. The average molecular weight is 274 g/mol. The molecule has 1 aromatic carbocycles. The van der Waals surface area contributed by atoms with Crippen molar-refractivity contribution in [3.8, 4) is 11.5 Å². The Morgan fingerprint density at radius 3 is 2.70 bits per heavy atom. The van der Waals surface area contributed by atoms with Crippen LogP contribution in [0.5, 0.6) is 11.5 Å². The van der Waals surface area contributed by atoms with Crippen molar-refractivity contribution in [2.75, 3.05) is 7.11 Å². The SMILES string of the molecule is COc1ccc2c(c1)OC1(CC2=O)CC(C)(C)CC1C. The Balaban J connectivity index is 2.01.